The zero-order valence-electron chi connectivity index (χ0n) is 15.2. The van der Waals surface area contributed by atoms with E-state index < -0.39 is 47.2 Å². The van der Waals surface area contributed by atoms with E-state index in [0.29, 0.717) is 23.2 Å². The van der Waals surface area contributed by atoms with Crippen LogP contribution in [-0.4, -0.2) is 15.7 Å². The van der Waals surface area contributed by atoms with E-state index >= 15 is 0 Å². The SMILES string of the molecule is Cc1nn(CC(=O)Nc2cc(C(F)(F)F)cc(C(F)(F)F)c2)c(=O)c2ccccc12. The van der Waals surface area contributed by atoms with Gasteiger partial charge >= 0.3 is 12.4 Å². The van der Waals surface area contributed by atoms with E-state index in [0.717, 1.165) is 4.68 Å². The van der Waals surface area contributed by atoms with Crippen molar-refractivity contribution in [1.82, 2.24) is 9.78 Å². The number of nitrogens with one attached hydrogen (secondary N) is 1. The summed E-state index contributed by atoms with van der Waals surface area (Å²) in [4.78, 5) is 24.7. The fourth-order valence-electron chi connectivity index (χ4n) is 2.88. The number of rotatable bonds is 3. The maximum absolute atomic E-state index is 12.9. The summed E-state index contributed by atoms with van der Waals surface area (Å²) in [7, 11) is 0. The molecule has 3 aromatic rings. The molecule has 0 saturated heterocycles. The Hall–Kier alpha value is -3.37. The van der Waals surface area contributed by atoms with Crippen molar-refractivity contribution in [2.45, 2.75) is 25.8 Å². The Morgan fingerprint density at radius 2 is 1.50 bits per heavy atom. The molecule has 0 aliphatic heterocycles. The van der Waals surface area contributed by atoms with Crippen molar-refractivity contribution in [2.24, 2.45) is 0 Å². The van der Waals surface area contributed by atoms with Crippen LogP contribution in [0.15, 0.2) is 47.3 Å². The van der Waals surface area contributed by atoms with E-state index in [-0.39, 0.29) is 11.5 Å². The van der Waals surface area contributed by atoms with Gasteiger partial charge in [-0.3, -0.25) is 9.59 Å². The van der Waals surface area contributed by atoms with Gasteiger partial charge in [0, 0.05) is 11.1 Å². The molecule has 1 amide bonds. The fraction of sp³-hybridized carbons (Fsp3) is 0.211. The summed E-state index contributed by atoms with van der Waals surface area (Å²) < 4.78 is 78.4. The summed E-state index contributed by atoms with van der Waals surface area (Å²) in [5.74, 6) is -1.01. The number of hydrogen-bond acceptors (Lipinski definition) is 3. The third-order valence-corrected chi connectivity index (χ3v) is 4.22. The van der Waals surface area contributed by atoms with Crippen LogP contribution in [0.5, 0.6) is 0 Å². The highest BCUT2D eigenvalue weighted by Crippen LogP contribution is 2.37. The molecule has 0 spiro atoms. The topological polar surface area (TPSA) is 64.0 Å². The molecule has 3 rings (SSSR count). The van der Waals surface area contributed by atoms with Gasteiger partial charge in [0.25, 0.3) is 5.56 Å². The minimum Gasteiger partial charge on any atom is -0.324 e. The second kappa shape index (κ2) is 7.47. The maximum atomic E-state index is 12.9. The Kier molecular flexibility index (Phi) is 5.31. The molecule has 0 saturated carbocycles. The smallest absolute Gasteiger partial charge is 0.324 e. The van der Waals surface area contributed by atoms with Crippen molar-refractivity contribution >= 4 is 22.4 Å². The van der Waals surface area contributed by atoms with Crippen LogP contribution in [0.25, 0.3) is 10.8 Å². The quantitative estimate of drug-likeness (QED) is 0.629. The second-order valence-corrected chi connectivity index (χ2v) is 6.44. The van der Waals surface area contributed by atoms with Gasteiger partial charge in [-0.15, -0.1) is 0 Å². The van der Waals surface area contributed by atoms with Gasteiger partial charge < -0.3 is 5.32 Å². The zero-order valence-corrected chi connectivity index (χ0v) is 15.2. The average molecular weight is 429 g/mol. The molecular weight excluding hydrogens is 416 g/mol. The highest BCUT2D eigenvalue weighted by atomic mass is 19.4. The van der Waals surface area contributed by atoms with E-state index in [2.05, 4.69) is 5.10 Å². The van der Waals surface area contributed by atoms with E-state index in [1.165, 1.54) is 6.07 Å². The lowest BCUT2D eigenvalue weighted by Crippen LogP contribution is -2.30. The number of amides is 1. The van der Waals surface area contributed by atoms with Gasteiger partial charge in [0.05, 0.1) is 22.2 Å². The zero-order chi connectivity index (χ0) is 22.3. The van der Waals surface area contributed by atoms with Gasteiger partial charge in [-0.1, -0.05) is 18.2 Å². The number of carbonyl (C=O) groups excluding carboxylic acids is 1. The molecule has 1 N–H and O–H groups in total. The Bertz CT molecular complexity index is 1150. The number of hydrogen-bond donors (Lipinski definition) is 1. The van der Waals surface area contributed by atoms with Crippen LogP contribution < -0.4 is 10.9 Å². The van der Waals surface area contributed by atoms with Crippen molar-refractivity contribution in [1.29, 1.82) is 0 Å². The number of alkyl halides is 6. The number of halogens is 6. The summed E-state index contributed by atoms with van der Waals surface area (Å²) in [6.45, 7) is 0.903. The third-order valence-electron chi connectivity index (χ3n) is 4.22. The lowest BCUT2D eigenvalue weighted by molar-refractivity contribution is -0.143. The molecule has 0 fully saturated rings. The van der Waals surface area contributed by atoms with Crippen molar-refractivity contribution < 1.29 is 31.1 Å². The summed E-state index contributed by atoms with van der Waals surface area (Å²) in [6, 6.07) is 7.20. The minimum atomic E-state index is -5.05. The van der Waals surface area contributed by atoms with E-state index in [9.17, 15) is 35.9 Å². The molecule has 0 aliphatic rings. The van der Waals surface area contributed by atoms with Crippen molar-refractivity contribution in [3.05, 3.63) is 69.6 Å². The number of carbonyl (C=O) groups is 1. The summed E-state index contributed by atoms with van der Waals surface area (Å²) >= 11 is 0. The highest BCUT2D eigenvalue weighted by Gasteiger charge is 2.37. The summed E-state index contributed by atoms with van der Waals surface area (Å²) in [5, 5.41) is 6.79. The van der Waals surface area contributed by atoms with Crippen molar-refractivity contribution in [3.63, 3.8) is 0 Å². The van der Waals surface area contributed by atoms with Crippen LogP contribution in [0.2, 0.25) is 0 Å². The molecule has 0 unspecified atom stereocenters. The number of aromatic nitrogens is 2. The molecular formula is C19H13F6N3O2. The number of fused-ring (bicyclic) bond motifs is 1. The summed E-state index contributed by atoms with van der Waals surface area (Å²) in [6.07, 6.45) is -10.1. The number of nitrogens with zero attached hydrogens (tertiary/aromatic N) is 2. The Balaban J connectivity index is 1.93. The predicted octanol–water partition coefficient (Wildman–Crippen LogP) is 4.38. The van der Waals surface area contributed by atoms with Gasteiger partial charge in [-0.2, -0.15) is 31.4 Å². The molecule has 0 aliphatic carbocycles. The molecule has 5 nitrogen and oxygen atoms in total. The third kappa shape index (κ3) is 4.44. The van der Waals surface area contributed by atoms with Gasteiger partial charge in [0.15, 0.2) is 0 Å². The van der Waals surface area contributed by atoms with Crippen LogP contribution in [0, 0.1) is 6.92 Å². The maximum Gasteiger partial charge on any atom is 0.416 e. The second-order valence-electron chi connectivity index (χ2n) is 6.44. The monoisotopic (exact) mass is 429 g/mol. The van der Waals surface area contributed by atoms with E-state index in [1.54, 1.807) is 25.1 Å². The Morgan fingerprint density at radius 3 is 2.03 bits per heavy atom. The molecule has 1 aromatic heterocycles. The highest BCUT2D eigenvalue weighted by molar-refractivity contribution is 5.91. The van der Waals surface area contributed by atoms with Crippen LogP contribution >= 0.6 is 0 Å². The minimum absolute atomic E-state index is 0.0472. The number of aryl methyl sites for hydroxylation is 1. The lowest BCUT2D eigenvalue weighted by atomic mass is 10.1. The molecule has 0 bridgehead atoms. The first kappa shape index (κ1) is 21.3. The first-order valence-electron chi connectivity index (χ1n) is 8.42. The molecule has 30 heavy (non-hydrogen) atoms. The molecule has 2 aromatic carbocycles. The fourth-order valence-corrected chi connectivity index (χ4v) is 2.88. The molecule has 0 atom stereocenters. The van der Waals surface area contributed by atoms with Crippen LogP contribution in [0.4, 0.5) is 32.0 Å². The molecule has 11 heteroatoms. The van der Waals surface area contributed by atoms with Crippen molar-refractivity contribution in [2.75, 3.05) is 5.32 Å². The van der Waals surface area contributed by atoms with Crippen molar-refractivity contribution in [3.8, 4) is 0 Å². The largest absolute Gasteiger partial charge is 0.416 e. The number of anilines is 1. The average Bonchev–Trinajstić information content (AvgIpc) is 2.64. The molecule has 0 radical (unpaired) electrons. The molecule has 1 heterocycles. The van der Waals surface area contributed by atoms with Crippen LogP contribution in [0.1, 0.15) is 16.8 Å². The van der Waals surface area contributed by atoms with Crippen LogP contribution in [0.3, 0.4) is 0 Å². The summed E-state index contributed by atoms with van der Waals surface area (Å²) in [5.41, 5.74) is -4.02. The first-order chi connectivity index (χ1) is 13.9. The van der Waals surface area contributed by atoms with E-state index in [4.69, 9.17) is 0 Å². The van der Waals surface area contributed by atoms with Gasteiger partial charge in [-0.05, 0) is 31.2 Å². The standard InChI is InChI=1S/C19H13F6N3O2/c1-10-14-4-2-3-5-15(14)17(30)28(27-10)9-16(29)26-13-7-11(18(20,21)22)6-12(8-13)19(23,24)25/h2-8H,9H2,1H3,(H,26,29). The Labute approximate surface area is 164 Å². The predicted molar refractivity (Wildman–Crippen MR) is 95.8 cm³/mol. The van der Waals surface area contributed by atoms with Gasteiger partial charge in [0.1, 0.15) is 6.54 Å². The van der Waals surface area contributed by atoms with Gasteiger partial charge in [-0.25, -0.2) is 4.68 Å². The van der Waals surface area contributed by atoms with Crippen LogP contribution in [-0.2, 0) is 23.7 Å². The number of benzene rings is 2. The normalized spacial score (nSPS) is 12.2. The van der Waals surface area contributed by atoms with E-state index in [1.807, 2.05) is 5.32 Å². The van der Waals surface area contributed by atoms with Gasteiger partial charge in [0.2, 0.25) is 5.91 Å². The molecule has 158 valence electrons. The Morgan fingerprint density at radius 1 is 0.967 bits per heavy atom. The lowest BCUT2D eigenvalue weighted by Gasteiger charge is -2.15. The first-order valence-corrected chi connectivity index (χ1v) is 8.42.